The maximum atomic E-state index is 12.5. The average Bonchev–Trinajstić information content (AvgIpc) is 3.27. The molecule has 150 valence electrons. The van der Waals surface area contributed by atoms with Crippen molar-refractivity contribution in [3.63, 3.8) is 0 Å². The summed E-state index contributed by atoms with van der Waals surface area (Å²) in [6, 6.07) is 4.65. The highest BCUT2D eigenvalue weighted by Gasteiger charge is 2.51. The van der Waals surface area contributed by atoms with Gasteiger partial charge in [-0.1, -0.05) is 42.3 Å². The number of fused-ring (bicyclic) bond motifs is 2. The van der Waals surface area contributed by atoms with E-state index in [1.54, 1.807) is 19.1 Å². The van der Waals surface area contributed by atoms with Gasteiger partial charge in [-0.2, -0.15) is 0 Å². The monoisotopic (exact) mass is 426 g/mol. The van der Waals surface area contributed by atoms with E-state index in [0.717, 1.165) is 0 Å². The lowest BCUT2D eigenvalue weighted by Gasteiger charge is -2.24. The molecule has 3 rings (SSSR count). The van der Waals surface area contributed by atoms with Crippen LogP contribution in [0.2, 0.25) is 10.0 Å². The molecule has 0 spiro atoms. The van der Waals surface area contributed by atoms with Crippen LogP contribution in [0.5, 0.6) is 5.75 Å². The molecule has 1 fully saturated rings. The molecule has 5 atom stereocenters. The van der Waals surface area contributed by atoms with Crippen molar-refractivity contribution < 1.29 is 24.2 Å². The molecule has 1 aromatic carbocycles. The minimum absolute atomic E-state index is 0.133. The Hall–Kier alpha value is -2.25. The molecule has 2 aliphatic rings. The fourth-order valence-electron chi connectivity index (χ4n) is 3.85. The van der Waals surface area contributed by atoms with Gasteiger partial charge in [-0.3, -0.25) is 25.2 Å². The lowest BCUT2D eigenvalue weighted by Crippen LogP contribution is -2.51. The van der Waals surface area contributed by atoms with Crippen LogP contribution < -0.4 is 15.6 Å². The van der Waals surface area contributed by atoms with Crippen LogP contribution in [0.4, 0.5) is 0 Å². The summed E-state index contributed by atoms with van der Waals surface area (Å²) in [7, 11) is 0. The number of aliphatic carboxylic acids is 1. The Morgan fingerprint density at radius 1 is 1.18 bits per heavy atom. The third-order valence-corrected chi connectivity index (χ3v) is 5.73. The number of carboxylic acids is 1. The van der Waals surface area contributed by atoms with Crippen LogP contribution in [0.25, 0.3) is 0 Å². The summed E-state index contributed by atoms with van der Waals surface area (Å²) in [4.78, 5) is 36.4. The first-order valence-electron chi connectivity index (χ1n) is 8.94. The minimum atomic E-state index is -1.01. The minimum Gasteiger partial charge on any atom is -0.481 e. The smallest absolute Gasteiger partial charge is 0.307 e. The number of hydrazine groups is 1. The van der Waals surface area contributed by atoms with Crippen molar-refractivity contribution in [3.05, 3.63) is 40.4 Å². The standard InChI is InChI=1S/C19H20Cl2N2O5/c1-2-13(28-14-8-11(20)5-6-12(14)21)17(24)22-23-18(25)15-9-3-4-10(7-9)16(15)19(26)27/h3-6,8-10,13,15-16H,2,7H2,1H3,(H,22,24)(H,23,25)(H,26,27)/t9-,10+,13+,15+,16+/m1/s1. The van der Waals surface area contributed by atoms with Gasteiger partial charge >= 0.3 is 5.97 Å². The Morgan fingerprint density at radius 3 is 2.50 bits per heavy atom. The van der Waals surface area contributed by atoms with Gasteiger partial charge in [0.2, 0.25) is 5.91 Å². The first-order chi connectivity index (χ1) is 13.3. The SMILES string of the molecule is CC[C@H](Oc1cc(Cl)ccc1Cl)C(=O)NNC(=O)[C@@H]1[C@@H](C(=O)O)[C@H]2C=C[C@@H]1C2. The zero-order valence-electron chi connectivity index (χ0n) is 15.0. The molecule has 3 N–H and O–H groups in total. The molecule has 0 radical (unpaired) electrons. The number of hydrogen-bond acceptors (Lipinski definition) is 4. The molecule has 1 aromatic rings. The molecule has 0 unspecified atom stereocenters. The topological polar surface area (TPSA) is 105 Å². The number of allylic oxidation sites excluding steroid dienone is 2. The van der Waals surface area contributed by atoms with Crippen LogP contribution >= 0.6 is 23.2 Å². The second kappa shape index (κ2) is 8.41. The van der Waals surface area contributed by atoms with Crippen molar-refractivity contribution in [2.45, 2.75) is 25.9 Å². The van der Waals surface area contributed by atoms with E-state index < -0.39 is 35.7 Å². The van der Waals surface area contributed by atoms with Crippen molar-refractivity contribution >= 4 is 41.0 Å². The summed E-state index contributed by atoms with van der Waals surface area (Å²) < 4.78 is 5.62. The zero-order chi connectivity index (χ0) is 20.4. The van der Waals surface area contributed by atoms with Crippen LogP contribution in [-0.2, 0) is 14.4 Å². The lowest BCUT2D eigenvalue weighted by molar-refractivity contribution is -0.148. The van der Waals surface area contributed by atoms with Gasteiger partial charge in [-0.15, -0.1) is 0 Å². The largest absolute Gasteiger partial charge is 0.481 e. The van der Waals surface area contributed by atoms with E-state index in [4.69, 9.17) is 27.9 Å². The predicted octanol–water partition coefficient (Wildman–Crippen LogP) is 2.82. The maximum Gasteiger partial charge on any atom is 0.307 e. The summed E-state index contributed by atoms with van der Waals surface area (Å²) in [5, 5.41) is 10.1. The van der Waals surface area contributed by atoms with Crippen molar-refractivity contribution in [1.29, 1.82) is 0 Å². The van der Waals surface area contributed by atoms with E-state index in [9.17, 15) is 19.5 Å². The Kier molecular flexibility index (Phi) is 6.15. The van der Waals surface area contributed by atoms with Gasteiger partial charge in [0.1, 0.15) is 5.75 Å². The molecule has 2 amide bonds. The Bertz CT molecular complexity index is 829. The fourth-order valence-corrected chi connectivity index (χ4v) is 4.17. The molecule has 2 aliphatic carbocycles. The number of carbonyl (C=O) groups excluding carboxylic acids is 2. The molecular formula is C19H20Cl2N2O5. The zero-order valence-corrected chi connectivity index (χ0v) is 16.5. The molecule has 0 heterocycles. The summed E-state index contributed by atoms with van der Waals surface area (Å²) in [5.74, 6) is -3.62. The van der Waals surface area contributed by atoms with E-state index in [1.807, 2.05) is 12.2 Å². The Balaban J connectivity index is 1.60. The molecule has 0 saturated heterocycles. The van der Waals surface area contributed by atoms with Gasteiger partial charge < -0.3 is 9.84 Å². The second-order valence-electron chi connectivity index (χ2n) is 6.91. The van der Waals surface area contributed by atoms with Crippen LogP contribution in [0.15, 0.2) is 30.4 Å². The van der Waals surface area contributed by atoms with Gasteiger partial charge in [0, 0.05) is 11.1 Å². The van der Waals surface area contributed by atoms with E-state index >= 15 is 0 Å². The van der Waals surface area contributed by atoms with Gasteiger partial charge in [-0.25, -0.2) is 0 Å². The van der Waals surface area contributed by atoms with Crippen LogP contribution in [0.3, 0.4) is 0 Å². The molecule has 2 bridgehead atoms. The van der Waals surface area contributed by atoms with E-state index in [2.05, 4.69) is 10.9 Å². The van der Waals surface area contributed by atoms with Crippen LogP contribution in [0, 0.1) is 23.7 Å². The fraction of sp³-hybridized carbons (Fsp3) is 0.421. The number of carbonyl (C=O) groups is 3. The Labute approximate surface area is 172 Å². The van der Waals surface area contributed by atoms with E-state index in [-0.39, 0.29) is 17.6 Å². The third kappa shape index (κ3) is 4.10. The molecule has 0 aliphatic heterocycles. The van der Waals surface area contributed by atoms with Gasteiger partial charge in [0.15, 0.2) is 6.10 Å². The second-order valence-corrected chi connectivity index (χ2v) is 7.75. The lowest BCUT2D eigenvalue weighted by atomic mass is 9.82. The number of halogens is 2. The van der Waals surface area contributed by atoms with Crippen molar-refractivity contribution in [2.24, 2.45) is 23.7 Å². The molecular weight excluding hydrogens is 407 g/mol. The first kappa shape index (κ1) is 20.5. The predicted molar refractivity (Wildman–Crippen MR) is 103 cm³/mol. The van der Waals surface area contributed by atoms with Crippen molar-refractivity contribution in [1.82, 2.24) is 10.9 Å². The highest BCUT2D eigenvalue weighted by molar-refractivity contribution is 6.34. The number of rotatable bonds is 6. The molecule has 0 aromatic heterocycles. The summed E-state index contributed by atoms with van der Waals surface area (Å²) >= 11 is 12.0. The van der Waals surface area contributed by atoms with Crippen molar-refractivity contribution in [3.8, 4) is 5.75 Å². The summed E-state index contributed by atoms with van der Waals surface area (Å²) in [5.41, 5.74) is 4.67. The van der Waals surface area contributed by atoms with Crippen LogP contribution in [-0.4, -0.2) is 29.0 Å². The molecule has 7 nitrogen and oxygen atoms in total. The summed E-state index contributed by atoms with van der Waals surface area (Å²) in [6.07, 6.45) is 3.76. The molecule has 9 heteroatoms. The number of carboxylic acid groups (broad SMARTS) is 1. The molecule has 28 heavy (non-hydrogen) atoms. The maximum absolute atomic E-state index is 12.5. The summed E-state index contributed by atoms with van der Waals surface area (Å²) in [6.45, 7) is 1.74. The van der Waals surface area contributed by atoms with E-state index in [1.165, 1.54) is 6.07 Å². The van der Waals surface area contributed by atoms with Crippen LogP contribution in [0.1, 0.15) is 19.8 Å². The van der Waals surface area contributed by atoms with Gasteiger partial charge in [-0.05, 0) is 36.8 Å². The molecule has 1 saturated carbocycles. The van der Waals surface area contributed by atoms with Gasteiger partial charge in [0.25, 0.3) is 5.91 Å². The Morgan fingerprint density at radius 2 is 1.86 bits per heavy atom. The average molecular weight is 427 g/mol. The number of benzene rings is 1. The van der Waals surface area contributed by atoms with Crippen molar-refractivity contribution in [2.75, 3.05) is 0 Å². The number of hydrogen-bond donors (Lipinski definition) is 3. The van der Waals surface area contributed by atoms with E-state index in [0.29, 0.717) is 22.9 Å². The third-order valence-electron chi connectivity index (χ3n) is 5.18. The number of nitrogens with one attached hydrogen (secondary N) is 2. The van der Waals surface area contributed by atoms with Gasteiger partial charge in [0.05, 0.1) is 16.9 Å². The highest BCUT2D eigenvalue weighted by Crippen LogP contribution is 2.48. The normalized spacial score (nSPS) is 26.0. The quantitative estimate of drug-likeness (QED) is 0.479. The number of ether oxygens (including phenoxy) is 1. The first-order valence-corrected chi connectivity index (χ1v) is 9.70. The highest BCUT2D eigenvalue weighted by atomic mass is 35.5. The number of amides is 2.